The Morgan fingerprint density at radius 1 is 1.11 bits per heavy atom. The van der Waals surface area contributed by atoms with E-state index in [4.69, 9.17) is 21.1 Å². The molecule has 0 unspecified atom stereocenters. The fourth-order valence-electron chi connectivity index (χ4n) is 2.68. The van der Waals surface area contributed by atoms with Crippen LogP contribution in [-0.2, 0) is 4.79 Å². The monoisotopic (exact) mass is 396 g/mol. The van der Waals surface area contributed by atoms with Gasteiger partial charge in [-0.15, -0.1) is 0 Å². The number of nitrogens with one attached hydrogen (secondary N) is 1. The molecule has 1 amide bonds. The molecule has 1 heterocycles. The molecule has 6 heteroatoms. The molecule has 0 fully saturated rings. The standard InChI is InChI=1S/C22H21ClN2O3/c1-3-24-22(26)14-28-20-11-5-15(12-21(20)27-2)4-9-18-10-7-16-6-8-17(23)13-19(16)25-18/h4-13H,3,14H2,1-2H3,(H,24,26)/b9-4+. The average Bonchev–Trinajstić information content (AvgIpc) is 2.70. The van der Waals surface area contributed by atoms with Gasteiger partial charge in [-0.3, -0.25) is 4.79 Å². The summed E-state index contributed by atoms with van der Waals surface area (Å²) in [6.07, 6.45) is 3.86. The number of benzene rings is 2. The van der Waals surface area contributed by atoms with Crippen molar-refractivity contribution in [2.24, 2.45) is 0 Å². The van der Waals surface area contributed by atoms with Gasteiger partial charge < -0.3 is 14.8 Å². The van der Waals surface area contributed by atoms with Gasteiger partial charge in [0.25, 0.3) is 5.91 Å². The predicted molar refractivity (Wildman–Crippen MR) is 113 cm³/mol. The number of ether oxygens (including phenoxy) is 2. The normalized spacial score (nSPS) is 11.0. The quantitative estimate of drug-likeness (QED) is 0.634. The molecule has 144 valence electrons. The van der Waals surface area contributed by atoms with Crippen molar-refractivity contribution in [3.05, 3.63) is 64.8 Å². The van der Waals surface area contributed by atoms with E-state index in [9.17, 15) is 4.79 Å². The number of amides is 1. The van der Waals surface area contributed by atoms with Crippen LogP contribution in [-0.4, -0.2) is 31.2 Å². The summed E-state index contributed by atoms with van der Waals surface area (Å²) in [6, 6.07) is 15.1. The molecule has 3 rings (SSSR count). The molecule has 3 aromatic rings. The highest BCUT2D eigenvalue weighted by Gasteiger charge is 2.07. The van der Waals surface area contributed by atoms with E-state index < -0.39 is 0 Å². The van der Waals surface area contributed by atoms with Crippen molar-refractivity contribution in [3.63, 3.8) is 0 Å². The van der Waals surface area contributed by atoms with Crippen molar-refractivity contribution < 1.29 is 14.3 Å². The van der Waals surface area contributed by atoms with Gasteiger partial charge in [-0.2, -0.15) is 0 Å². The molecule has 28 heavy (non-hydrogen) atoms. The number of halogens is 1. The van der Waals surface area contributed by atoms with E-state index in [1.807, 2.05) is 61.5 Å². The lowest BCUT2D eigenvalue weighted by molar-refractivity contribution is -0.123. The van der Waals surface area contributed by atoms with E-state index in [1.165, 1.54) is 0 Å². The maximum atomic E-state index is 11.6. The average molecular weight is 397 g/mol. The summed E-state index contributed by atoms with van der Waals surface area (Å²) in [5.41, 5.74) is 2.60. The van der Waals surface area contributed by atoms with Crippen LogP contribution in [0, 0.1) is 0 Å². The number of fused-ring (bicyclic) bond motifs is 1. The molecule has 0 radical (unpaired) electrons. The maximum absolute atomic E-state index is 11.6. The van der Waals surface area contributed by atoms with E-state index in [1.54, 1.807) is 13.2 Å². The minimum atomic E-state index is -0.170. The highest BCUT2D eigenvalue weighted by molar-refractivity contribution is 6.31. The van der Waals surface area contributed by atoms with Gasteiger partial charge in [-0.25, -0.2) is 4.98 Å². The number of hydrogen-bond donors (Lipinski definition) is 1. The fourth-order valence-corrected chi connectivity index (χ4v) is 2.85. The lowest BCUT2D eigenvalue weighted by Gasteiger charge is -2.11. The minimum absolute atomic E-state index is 0.0526. The molecule has 0 aliphatic carbocycles. The van der Waals surface area contributed by atoms with E-state index >= 15 is 0 Å². The Morgan fingerprint density at radius 2 is 1.93 bits per heavy atom. The SMILES string of the molecule is CCNC(=O)COc1ccc(/C=C/c2ccc3ccc(Cl)cc3n2)cc1OC. The van der Waals surface area contributed by atoms with Crippen LogP contribution in [0.2, 0.25) is 5.02 Å². The molecule has 0 spiro atoms. The van der Waals surface area contributed by atoms with Gasteiger partial charge in [0.2, 0.25) is 0 Å². The number of nitrogens with zero attached hydrogens (tertiary/aromatic N) is 1. The van der Waals surface area contributed by atoms with E-state index in [2.05, 4.69) is 10.3 Å². The van der Waals surface area contributed by atoms with Crippen molar-refractivity contribution >= 4 is 40.6 Å². The van der Waals surface area contributed by atoms with Crippen molar-refractivity contribution in [2.75, 3.05) is 20.3 Å². The highest BCUT2D eigenvalue weighted by atomic mass is 35.5. The first kappa shape index (κ1) is 19.7. The summed E-state index contributed by atoms with van der Waals surface area (Å²) in [6.45, 7) is 2.37. The maximum Gasteiger partial charge on any atom is 0.257 e. The molecular weight excluding hydrogens is 376 g/mol. The van der Waals surface area contributed by atoms with Crippen molar-refractivity contribution in [2.45, 2.75) is 6.92 Å². The van der Waals surface area contributed by atoms with Crippen molar-refractivity contribution in [1.82, 2.24) is 10.3 Å². The molecule has 1 N–H and O–H groups in total. The van der Waals surface area contributed by atoms with E-state index in [0.717, 1.165) is 22.2 Å². The first-order valence-corrected chi connectivity index (χ1v) is 9.29. The Morgan fingerprint density at radius 3 is 2.71 bits per heavy atom. The van der Waals surface area contributed by atoms with Gasteiger partial charge in [-0.1, -0.05) is 35.9 Å². The van der Waals surface area contributed by atoms with Gasteiger partial charge in [0.1, 0.15) is 0 Å². The molecule has 0 atom stereocenters. The number of likely N-dealkylation sites (N-methyl/N-ethyl adjacent to an activating group) is 1. The van der Waals surface area contributed by atoms with E-state index in [-0.39, 0.29) is 12.5 Å². The number of rotatable bonds is 7. The molecule has 2 aromatic carbocycles. The second-order valence-corrected chi connectivity index (χ2v) is 6.50. The van der Waals surface area contributed by atoms with Gasteiger partial charge in [0.15, 0.2) is 18.1 Å². The first-order valence-electron chi connectivity index (χ1n) is 8.91. The summed E-state index contributed by atoms with van der Waals surface area (Å²) in [5, 5.41) is 4.39. The Bertz CT molecular complexity index is 1020. The fraction of sp³-hybridized carbons (Fsp3) is 0.182. The number of pyridine rings is 1. The molecule has 0 aliphatic rings. The molecule has 1 aromatic heterocycles. The second-order valence-electron chi connectivity index (χ2n) is 6.06. The zero-order chi connectivity index (χ0) is 19.9. The molecule has 5 nitrogen and oxygen atoms in total. The van der Waals surface area contributed by atoms with Crippen molar-refractivity contribution in [1.29, 1.82) is 0 Å². The second kappa shape index (κ2) is 9.24. The lowest BCUT2D eigenvalue weighted by Crippen LogP contribution is -2.28. The van der Waals surface area contributed by atoms with Crippen LogP contribution in [0.5, 0.6) is 11.5 Å². The molecule has 0 bridgehead atoms. The zero-order valence-corrected chi connectivity index (χ0v) is 16.5. The first-order chi connectivity index (χ1) is 13.6. The largest absolute Gasteiger partial charge is 0.493 e. The lowest BCUT2D eigenvalue weighted by atomic mass is 10.1. The number of carbonyl (C=O) groups is 1. The van der Waals surface area contributed by atoms with Crippen LogP contribution in [0.4, 0.5) is 0 Å². The van der Waals surface area contributed by atoms with Crippen LogP contribution < -0.4 is 14.8 Å². The number of hydrogen-bond acceptors (Lipinski definition) is 4. The summed E-state index contributed by atoms with van der Waals surface area (Å²) >= 11 is 6.05. The third-order valence-corrected chi connectivity index (χ3v) is 4.28. The topological polar surface area (TPSA) is 60.5 Å². The number of aromatic nitrogens is 1. The van der Waals surface area contributed by atoms with Crippen LogP contribution in [0.15, 0.2) is 48.5 Å². The Balaban J connectivity index is 1.75. The van der Waals surface area contributed by atoms with Gasteiger partial charge in [-0.05, 0) is 48.9 Å². The Hall–Kier alpha value is -3.05. The van der Waals surface area contributed by atoms with Crippen molar-refractivity contribution in [3.8, 4) is 11.5 Å². The minimum Gasteiger partial charge on any atom is -0.493 e. The summed E-state index contributed by atoms with van der Waals surface area (Å²) < 4.78 is 10.9. The molecule has 0 aliphatic heterocycles. The Labute approximate surface area is 168 Å². The highest BCUT2D eigenvalue weighted by Crippen LogP contribution is 2.29. The smallest absolute Gasteiger partial charge is 0.257 e. The number of carbonyl (C=O) groups excluding carboxylic acids is 1. The summed E-state index contributed by atoms with van der Waals surface area (Å²) in [4.78, 5) is 16.2. The third-order valence-electron chi connectivity index (χ3n) is 4.04. The van der Waals surface area contributed by atoms with Crippen LogP contribution in [0.25, 0.3) is 23.1 Å². The predicted octanol–water partition coefficient (Wildman–Crippen LogP) is 4.58. The molecular formula is C22H21ClN2O3. The third kappa shape index (κ3) is 5.02. The summed E-state index contributed by atoms with van der Waals surface area (Å²) in [7, 11) is 1.57. The van der Waals surface area contributed by atoms with Gasteiger partial charge in [0.05, 0.1) is 18.3 Å². The molecule has 0 saturated carbocycles. The van der Waals surface area contributed by atoms with Gasteiger partial charge in [0, 0.05) is 17.0 Å². The number of methoxy groups -OCH3 is 1. The summed E-state index contributed by atoms with van der Waals surface area (Å²) in [5.74, 6) is 0.907. The van der Waals surface area contributed by atoms with Crippen LogP contribution >= 0.6 is 11.6 Å². The van der Waals surface area contributed by atoms with Gasteiger partial charge >= 0.3 is 0 Å². The Kier molecular flexibility index (Phi) is 6.50. The van der Waals surface area contributed by atoms with E-state index in [0.29, 0.717) is 23.1 Å². The van der Waals surface area contributed by atoms with Crippen LogP contribution in [0.1, 0.15) is 18.2 Å². The van der Waals surface area contributed by atoms with Crippen LogP contribution in [0.3, 0.4) is 0 Å². The molecule has 0 saturated heterocycles. The zero-order valence-electron chi connectivity index (χ0n) is 15.7.